The molecule has 332 valence electrons. The van der Waals surface area contributed by atoms with Crippen molar-refractivity contribution >= 4 is 28.5 Å². The van der Waals surface area contributed by atoms with Gasteiger partial charge < -0.3 is 4.90 Å². The summed E-state index contributed by atoms with van der Waals surface area (Å²) in [7, 11) is 0. The smallest absolute Gasteiger partial charge is 0.146 e. The van der Waals surface area contributed by atoms with Crippen LogP contribution in [0.2, 0.25) is 0 Å². The Morgan fingerprint density at radius 2 is 1.04 bits per heavy atom. The molecule has 1 aliphatic heterocycles. The Kier molecular flexibility index (Phi) is 12.0. The third-order valence-corrected chi connectivity index (χ3v) is 13.4. The van der Waals surface area contributed by atoms with Crippen molar-refractivity contribution in [3.8, 4) is 45.0 Å². The molecular formula is C64H56N4. The molecular weight excluding hydrogens is 825 g/mol. The highest BCUT2D eigenvalue weighted by atomic mass is 15.2. The van der Waals surface area contributed by atoms with E-state index in [1.165, 1.54) is 39.0 Å². The van der Waals surface area contributed by atoms with E-state index >= 15 is 0 Å². The van der Waals surface area contributed by atoms with Gasteiger partial charge in [-0.3, -0.25) is 4.57 Å². The van der Waals surface area contributed by atoms with Crippen molar-refractivity contribution in [2.24, 2.45) is 4.99 Å². The van der Waals surface area contributed by atoms with Gasteiger partial charge in [0.25, 0.3) is 0 Å². The second-order valence-corrected chi connectivity index (χ2v) is 18.2. The number of nitrogens with zero attached hydrogens (tertiary/aromatic N) is 4. The van der Waals surface area contributed by atoms with Crippen LogP contribution in [0.1, 0.15) is 69.5 Å². The zero-order chi connectivity index (χ0) is 46.9. The van der Waals surface area contributed by atoms with Crippen LogP contribution in [0.4, 0.5) is 5.69 Å². The fourth-order valence-electron chi connectivity index (χ4n) is 9.37. The van der Waals surface area contributed by atoms with Crippen molar-refractivity contribution in [1.29, 1.82) is 0 Å². The Hall–Kier alpha value is -8.08. The zero-order valence-corrected chi connectivity index (χ0v) is 39.9. The molecule has 0 saturated heterocycles. The summed E-state index contributed by atoms with van der Waals surface area (Å²) < 4.78 is 2.27. The lowest BCUT2D eigenvalue weighted by atomic mass is 9.96. The maximum absolute atomic E-state index is 5.49. The molecule has 0 unspecified atom stereocenters. The fourth-order valence-corrected chi connectivity index (χ4v) is 9.37. The van der Waals surface area contributed by atoms with Crippen molar-refractivity contribution in [3.63, 3.8) is 0 Å². The number of aryl methyl sites for hydroxylation is 5. The average molecular weight is 881 g/mol. The van der Waals surface area contributed by atoms with Crippen LogP contribution < -0.4 is 0 Å². The molecule has 4 nitrogen and oxygen atoms in total. The number of rotatable bonds is 11. The van der Waals surface area contributed by atoms with Crippen LogP contribution >= 0.6 is 0 Å². The van der Waals surface area contributed by atoms with Crippen molar-refractivity contribution < 1.29 is 0 Å². The number of benzene rings is 8. The van der Waals surface area contributed by atoms with E-state index in [4.69, 9.17) is 16.6 Å². The minimum Gasteiger partial charge on any atom is -0.321 e. The van der Waals surface area contributed by atoms with Gasteiger partial charge in [-0.15, -0.1) is 0 Å². The lowest BCUT2D eigenvalue weighted by molar-refractivity contribution is 0.570. The molecule has 0 atom stereocenters. The molecule has 0 radical (unpaired) electrons. The van der Waals surface area contributed by atoms with Gasteiger partial charge in [0.05, 0.1) is 29.3 Å². The molecule has 0 N–H and O–H groups in total. The third-order valence-electron chi connectivity index (χ3n) is 13.4. The maximum atomic E-state index is 5.49. The standard InChI is InChI=1S/C64H56N4/c1-8-48-23-31-53(32-24-48)60-62(55-29-21-44(4)22-30-55)68(64(66-60)58-15-11-9-13-45(58)5)47(7)50-33-35-51(36-34-50)52-37-39-56(40-38-52)63-65-59-16-12-10-14-57(59)41-67(63)61(54-27-19-43(3)20-28-54)46(6)49-25-17-42(2)18-26-49/h9-40H,7-8,41H2,1-6H3/b61-46+. The van der Waals surface area contributed by atoms with E-state index < -0.39 is 0 Å². The normalized spacial score (nSPS) is 12.6. The van der Waals surface area contributed by atoms with E-state index in [9.17, 15) is 0 Å². The summed E-state index contributed by atoms with van der Waals surface area (Å²) in [6.45, 7) is 18.5. The minimum absolute atomic E-state index is 0.704. The maximum Gasteiger partial charge on any atom is 0.146 e. The van der Waals surface area contributed by atoms with Crippen LogP contribution in [-0.4, -0.2) is 20.3 Å². The quantitative estimate of drug-likeness (QED) is 0.121. The molecule has 0 spiro atoms. The van der Waals surface area contributed by atoms with Crippen LogP contribution in [-0.2, 0) is 13.0 Å². The minimum atomic E-state index is 0.704. The van der Waals surface area contributed by atoms with E-state index in [0.29, 0.717) is 6.54 Å². The molecule has 1 aliphatic rings. The molecule has 9 aromatic rings. The number of para-hydroxylation sites is 1. The van der Waals surface area contributed by atoms with Crippen LogP contribution in [0.5, 0.6) is 0 Å². The van der Waals surface area contributed by atoms with Gasteiger partial charge in [-0.05, 0) is 97.2 Å². The molecule has 10 rings (SSSR count). The molecule has 0 saturated carbocycles. The largest absolute Gasteiger partial charge is 0.321 e. The first-order valence-corrected chi connectivity index (χ1v) is 23.7. The van der Waals surface area contributed by atoms with Crippen molar-refractivity contribution in [2.45, 2.75) is 54.5 Å². The Morgan fingerprint density at radius 3 is 1.68 bits per heavy atom. The highest BCUT2D eigenvalue weighted by Gasteiger charge is 2.28. The summed E-state index contributed by atoms with van der Waals surface area (Å²) in [5.41, 5.74) is 23.4. The molecule has 0 aliphatic carbocycles. The lowest BCUT2D eigenvalue weighted by Crippen LogP contribution is -2.32. The summed E-state index contributed by atoms with van der Waals surface area (Å²) in [4.78, 5) is 13.3. The first-order chi connectivity index (χ1) is 33.1. The fraction of sp³-hybridized carbons (Fsp3) is 0.125. The highest BCUT2D eigenvalue weighted by Crippen LogP contribution is 2.42. The van der Waals surface area contributed by atoms with Gasteiger partial charge in [0, 0.05) is 28.0 Å². The van der Waals surface area contributed by atoms with Gasteiger partial charge >= 0.3 is 0 Å². The average Bonchev–Trinajstić information content (AvgIpc) is 3.77. The summed E-state index contributed by atoms with van der Waals surface area (Å²) in [5, 5.41) is 0. The highest BCUT2D eigenvalue weighted by molar-refractivity contribution is 6.09. The van der Waals surface area contributed by atoms with Crippen LogP contribution in [0, 0.1) is 27.7 Å². The first-order valence-electron chi connectivity index (χ1n) is 23.7. The van der Waals surface area contributed by atoms with E-state index in [1.807, 2.05) is 0 Å². The van der Waals surface area contributed by atoms with Gasteiger partial charge in [0.2, 0.25) is 0 Å². The summed E-state index contributed by atoms with van der Waals surface area (Å²) in [6.07, 6.45) is 0.982. The Balaban J connectivity index is 1.03. The molecule has 0 amide bonds. The Bertz CT molecular complexity index is 3350. The number of imidazole rings is 1. The second-order valence-electron chi connectivity index (χ2n) is 18.2. The summed E-state index contributed by atoms with van der Waals surface area (Å²) >= 11 is 0. The number of hydrogen-bond acceptors (Lipinski definition) is 3. The summed E-state index contributed by atoms with van der Waals surface area (Å²) in [5.74, 6) is 1.80. The van der Waals surface area contributed by atoms with Gasteiger partial charge in [0.15, 0.2) is 0 Å². The van der Waals surface area contributed by atoms with Crippen molar-refractivity contribution in [2.75, 3.05) is 0 Å². The topological polar surface area (TPSA) is 33.4 Å². The zero-order valence-electron chi connectivity index (χ0n) is 39.9. The van der Waals surface area contributed by atoms with Gasteiger partial charge in [-0.1, -0.05) is 218 Å². The predicted octanol–water partition coefficient (Wildman–Crippen LogP) is 16.3. The van der Waals surface area contributed by atoms with E-state index in [1.54, 1.807) is 0 Å². The number of hydrogen-bond donors (Lipinski definition) is 0. The first kappa shape index (κ1) is 43.8. The second kappa shape index (κ2) is 18.7. The van der Waals surface area contributed by atoms with E-state index in [0.717, 1.165) is 96.6 Å². The summed E-state index contributed by atoms with van der Waals surface area (Å²) in [6, 6.07) is 70.0. The number of fused-ring (bicyclic) bond motifs is 1. The number of amidine groups is 1. The molecule has 0 bridgehead atoms. The number of allylic oxidation sites excluding steroid dienone is 1. The van der Waals surface area contributed by atoms with Crippen LogP contribution in [0.15, 0.2) is 206 Å². The lowest BCUT2D eigenvalue weighted by Gasteiger charge is -2.34. The number of aliphatic imine (C=N–C) groups is 1. The predicted molar refractivity (Wildman–Crippen MR) is 287 cm³/mol. The third kappa shape index (κ3) is 8.58. The van der Waals surface area contributed by atoms with Crippen LogP contribution in [0.25, 0.3) is 62.0 Å². The molecule has 8 aromatic carbocycles. The van der Waals surface area contributed by atoms with Crippen molar-refractivity contribution in [1.82, 2.24) is 14.5 Å². The molecule has 2 heterocycles. The van der Waals surface area contributed by atoms with Gasteiger partial charge in [-0.2, -0.15) is 0 Å². The van der Waals surface area contributed by atoms with Gasteiger partial charge in [0.1, 0.15) is 11.7 Å². The molecule has 4 heteroatoms. The molecule has 68 heavy (non-hydrogen) atoms. The number of aromatic nitrogens is 2. The SMILES string of the molecule is C=C(c1ccc(-c2ccc(C3=Nc4ccccc4CN3/C(=C(\C)c3ccc(C)cc3)c3ccc(C)cc3)cc2)cc1)n1c(-c2ccccc2C)nc(-c2ccc(CC)cc2)c1-c1ccc(C)cc1. The van der Waals surface area contributed by atoms with E-state index in [-0.39, 0.29) is 0 Å². The van der Waals surface area contributed by atoms with Crippen LogP contribution in [0.3, 0.4) is 0 Å². The Morgan fingerprint density at radius 1 is 0.529 bits per heavy atom. The van der Waals surface area contributed by atoms with E-state index in [2.05, 4.69) is 245 Å². The Labute approximate surface area is 402 Å². The monoisotopic (exact) mass is 880 g/mol. The molecule has 0 fully saturated rings. The van der Waals surface area contributed by atoms with Crippen molar-refractivity contribution in [3.05, 3.63) is 256 Å². The molecule has 1 aromatic heterocycles. The van der Waals surface area contributed by atoms with Gasteiger partial charge in [-0.25, -0.2) is 9.98 Å².